The van der Waals surface area contributed by atoms with Crippen LogP contribution < -0.4 is 5.73 Å². The molecule has 0 aliphatic carbocycles. The number of anilines is 1. The molecular formula is C13H11BrClNS. The van der Waals surface area contributed by atoms with Crippen molar-refractivity contribution < 1.29 is 0 Å². The average Bonchev–Trinajstić information content (AvgIpc) is 2.30. The Morgan fingerprint density at radius 3 is 2.65 bits per heavy atom. The summed E-state index contributed by atoms with van der Waals surface area (Å²) in [5.41, 5.74) is 7.88. The monoisotopic (exact) mass is 327 g/mol. The number of hydrogen-bond acceptors (Lipinski definition) is 2. The van der Waals surface area contributed by atoms with E-state index in [2.05, 4.69) is 15.9 Å². The fraction of sp³-hybridized carbons (Fsp3) is 0.0769. The summed E-state index contributed by atoms with van der Waals surface area (Å²) >= 11 is 11.2. The van der Waals surface area contributed by atoms with E-state index >= 15 is 0 Å². The zero-order chi connectivity index (χ0) is 12.3. The fourth-order valence-corrected chi connectivity index (χ4v) is 3.05. The molecule has 0 atom stereocenters. The Morgan fingerprint density at radius 1 is 1.18 bits per heavy atom. The second kappa shape index (κ2) is 5.80. The topological polar surface area (TPSA) is 26.0 Å². The molecule has 2 aromatic carbocycles. The minimum atomic E-state index is 0.785. The van der Waals surface area contributed by atoms with Crippen molar-refractivity contribution >= 4 is 45.0 Å². The van der Waals surface area contributed by atoms with Gasteiger partial charge >= 0.3 is 0 Å². The first-order valence-electron chi connectivity index (χ1n) is 5.08. The van der Waals surface area contributed by atoms with Crippen LogP contribution in [-0.2, 0) is 5.75 Å². The highest BCUT2D eigenvalue weighted by atomic mass is 79.9. The van der Waals surface area contributed by atoms with Crippen LogP contribution in [0.4, 0.5) is 5.69 Å². The number of rotatable bonds is 3. The summed E-state index contributed by atoms with van der Waals surface area (Å²) in [5.74, 6) is 0.822. The maximum Gasteiger partial charge on any atom is 0.0541 e. The Balaban J connectivity index is 2.10. The number of nitrogens with two attached hydrogens (primary N) is 1. The molecule has 88 valence electrons. The van der Waals surface area contributed by atoms with Gasteiger partial charge in [-0.3, -0.25) is 0 Å². The first-order valence-corrected chi connectivity index (χ1v) is 7.23. The van der Waals surface area contributed by atoms with Crippen LogP contribution in [0.5, 0.6) is 0 Å². The summed E-state index contributed by atoms with van der Waals surface area (Å²) in [5, 5.41) is 0.785. The molecule has 0 aromatic heterocycles. The molecule has 0 aliphatic heterocycles. The van der Waals surface area contributed by atoms with Crippen molar-refractivity contribution in [2.75, 3.05) is 5.73 Å². The highest BCUT2D eigenvalue weighted by molar-refractivity contribution is 9.10. The lowest BCUT2D eigenvalue weighted by Gasteiger charge is -2.07. The number of hydrogen-bond donors (Lipinski definition) is 1. The SMILES string of the molecule is Nc1cc(Br)ccc1CSc1ccccc1Cl. The van der Waals surface area contributed by atoms with E-state index in [0.717, 1.165) is 31.4 Å². The molecule has 0 amide bonds. The molecule has 0 fully saturated rings. The van der Waals surface area contributed by atoms with Gasteiger partial charge in [0.05, 0.1) is 5.02 Å². The van der Waals surface area contributed by atoms with Crippen LogP contribution in [0.2, 0.25) is 5.02 Å². The lowest BCUT2D eigenvalue weighted by Crippen LogP contribution is -1.92. The van der Waals surface area contributed by atoms with Gasteiger partial charge in [-0.05, 0) is 29.8 Å². The predicted octanol–water partition coefficient (Wildman–Crippen LogP) is 4.98. The van der Waals surface area contributed by atoms with E-state index < -0.39 is 0 Å². The van der Waals surface area contributed by atoms with Gasteiger partial charge in [-0.1, -0.05) is 45.7 Å². The Bertz CT molecular complexity index is 531. The van der Waals surface area contributed by atoms with Gasteiger partial charge in [0.15, 0.2) is 0 Å². The molecule has 0 unspecified atom stereocenters. The van der Waals surface area contributed by atoms with E-state index in [1.165, 1.54) is 0 Å². The second-order valence-corrected chi connectivity index (χ2v) is 5.90. The molecular weight excluding hydrogens is 318 g/mol. The van der Waals surface area contributed by atoms with Gasteiger partial charge in [0.2, 0.25) is 0 Å². The number of benzene rings is 2. The average molecular weight is 329 g/mol. The molecule has 0 aliphatic rings. The molecule has 0 saturated carbocycles. The summed E-state index contributed by atoms with van der Waals surface area (Å²) < 4.78 is 1.00. The summed E-state index contributed by atoms with van der Waals surface area (Å²) in [7, 11) is 0. The van der Waals surface area contributed by atoms with Crippen LogP contribution in [0.1, 0.15) is 5.56 Å². The van der Waals surface area contributed by atoms with Gasteiger partial charge in [-0.2, -0.15) is 0 Å². The first kappa shape index (κ1) is 12.8. The fourth-order valence-electron chi connectivity index (χ4n) is 1.41. The van der Waals surface area contributed by atoms with Gasteiger partial charge in [0.1, 0.15) is 0 Å². The van der Waals surface area contributed by atoms with Crippen molar-refractivity contribution in [3.8, 4) is 0 Å². The second-order valence-electron chi connectivity index (χ2n) is 3.56. The van der Waals surface area contributed by atoms with E-state index in [4.69, 9.17) is 17.3 Å². The van der Waals surface area contributed by atoms with Crippen molar-refractivity contribution in [2.24, 2.45) is 0 Å². The van der Waals surface area contributed by atoms with E-state index in [1.807, 2.05) is 42.5 Å². The summed E-state index contributed by atoms with van der Waals surface area (Å²) in [6.07, 6.45) is 0. The lowest BCUT2D eigenvalue weighted by molar-refractivity contribution is 1.38. The van der Waals surface area contributed by atoms with Gasteiger partial charge in [0.25, 0.3) is 0 Å². The molecule has 4 heteroatoms. The molecule has 0 spiro atoms. The quantitative estimate of drug-likeness (QED) is 0.635. The summed E-state index contributed by atoms with van der Waals surface area (Å²) in [4.78, 5) is 1.08. The third-order valence-electron chi connectivity index (χ3n) is 2.33. The number of halogens is 2. The van der Waals surface area contributed by atoms with Crippen molar-refractivity contribution in [3.05, 3.63) is 57.5 Å². The van der Waals surface area contributed by atoms with Crippen molar-refractivity contribution in [2.45, 2.75) is 10.6 Å². The maximum atomic E-state index is 6.10. The predicted molar refractivity (Wildman–Crippen MR) is 79.6 cm³/mol. The van der Waals surface area contributed by atoms with Gasteiger partial charge in [-0.15, -0.1) is 11.8 Å². The molecule has 1 nitrogen and oxygen atoms in total. The highest BCUT2D eigenvalue weighted by Gasteiger charge is 2.03. The summed E-state index contributed by atoms with van der Waals surface area (Å²) in [6, 6.07) is 13.8. The van der Waals surface area contributed by atoms with Crippen molar-refractivity contribution in [1.82, 2.24) is 0 Å². The van der Waals surface area contributed by atoms with Crippen LogP contribution in [0.25, 0.3) is 0 Å². The van der Waals surface area contributed by atoms with Gasteiger partial charge in [-0.25, -0.2) is 0 Å². The maximum absolute atomic E-state index is 6.10. The molecule has 0 heterocycles. The van der Waals surface area contributed by atoms with Gasteiger partial charge < -0.3 is 5.73 Å². The molecule has 0 radical (unpaired) electrons. The lowest BCUT2D eigenvalue weighted by atomic mass is 10.2. The van der Waals surface area contributed by atoms with Crippen LogP contribution in [0.15, 0.2) is 51.8 Å². The Morgan fingerprint density at radius 2 is 1.94 bits per heavy atom. The normalized spacial score (nSPS) is 10.5. The molecule has 17 heavy (non-hydrogen) atoms. The zero-order valence-corrected chi connectivity index (χ0v) is 12.1. The van der Waals surface area contributed by atoms with Crippen LogP contribution >= 0.6 is 39.3 Å². The third-order valence-corrected chi connectivity index (χ3v) is 4.38. The van der Waals surface area contributed by atoms with E-state index in [9.17, 15) is 0 Å². The molecule has 2 rings (SSSR count). The van der Waals surface area contributed by atoms with Crippen molar-refractivity contribution in [3.63, 3.8) is 0 Å². The minimum absolute atomic E-state index is 0.785. The number of nitrogen functional groups attached to an aromatic ring is 1. The molecule has 2 N–H and O–H groups in total. The van der Waals surface area contributed by atoms with Crippen LogP contribution in [0, 0.1) is 0 Å². The highest BCUT2D eigenvalue weighted by Crippen LogP contribution is 2.31. The minimum Gasteiger partial charge on any atom is -0.398 e. The van der Waals surface area contributed by atoms with Crippen molar-refractivity contribution in [1.29, 1.82) is 0 Å². The van der Waals surface area contributed by atoms with E-state index in [-0.39, 0.29) is 0 Å². The van der Waals surface area contributed by atoms with Crippen LogP contribution in [-0.4, -0.2) is 0 Å². The molecule has 0 bridgehead atoms. The zero-order valence-electron chi connectivity index (χ0n) is 8.99. The third kappa shape index (κ3) is 3.41. The Kier molecular flexibility index (Phi) is 4.37. The Labute approximate surface area is 118 Å². The van der Waals surface area contributed by atoms with Crippen LogP contribution in [0.3, 0.4) is 0 Å². The van der Waals surface area contributed by atoms with E-state index in [1.54, 1.807) is 11.8 Å². The summed E-state index contributed by atoms with van der Waals surface area (Å²) in [6.45, 7) is 0. The largest absolute Gasteiger partial charge is 0.398 e. The molecule has 2 aromatic rings. The molecule has 0 saturated heterocycles. The number of thioether (sulfide) groups is 1. The Hall–Kier alpha value is -0.640. The first-order chi connectivity index (χ1) is 8.16. The standard InChI is InChI=1S/C13H11BrClNS/c14-10-6-5-9(12(16)7-10)8-17-13-4-2-1-3-11(13)15/h1-7H,8,16H2. The smallest absolute Gasteiger partial charge is 0.0541 e. The van der Waals surface area contributed by atoms with Gasteiger partial charge in [0, 0.05) is 20.8 Å². The van der Waals surface area contributed by atoms with E-state index in [0.29, 0.717) is 0 Å².